The highest BCUT2D eigenvalue weighted by Gasteiger charge is 2.20. The fourth-order valence-corrected chi connectivity index (χ4v) is 5.23. The maximum absolute atomic E-state index is 12.1. The molecule has 9 heteroatoms. The second-order valence-electron chi connectivity index (χ2n) is 7.21. The van der Waals surface area contributed by atoms with E-state index in [1.165, 1.54) is 21.8 Å². The Balaban J connectivity index is 1.57. The Morgan fingerprint density at radius 3 is 3.03 bits per heavy atom. The van der Waals surface area contributed by atoms with Crippen molar-refractivity contribution in [3.05, 3.63) is 37.5 Å². The molecular formula is C21H31N5O2S2. The number of ether oxygens (including phenoxy) is 1. The SMILES string of the molecule is CCNC(=NCCN1CCc2sccc2C1)NC(C)c1nc(C)c(C(=O)OCC)s1. The van der Waals surface area contributed by atoms with Gasteiger partial charge < -0.3 is 15.4 Å². The van der Waals surface area contributed by atoms with Gasteiger partial charge >= 0.3 is 5.97 Å². The van der Waals surface area contributed by atoms with Crippen molar-refractivity contribution in [2.75, 3.05) is 32.8 Å². The van der Waals surface area contributed by atoms with Crippen LogP contribution in [0.3, 0.4) is 0 Å². The molecule has 2 aromatic heterocycles. The lowest BCUT2D eigenvalue weighted by atomic mass is 10.1. The van der Waals surface area contributed by atoms with E-state index in [9.17, 15) is 4.79 Å². The van der Waals surface area contributed by atoms with Crippen LogP contribution in [0.15, 0.2) is 16.4 Å². The van der Waals surface area contributed by atoms with Crippen LogP contribution < -0.4 is 10.6 Å². The molecule has 0 amide bonds. The molecule has 2 N–H and O–H groups in total. The number of rotatable bonds is 8. The molecule has 0 aromatic carbocycles. The summed E-state index contributed by atoms with van der Waals surface area (Å²) >= 11 is 3.24. The number of thiazole rings is 1. The van der Waals surface area contributed by atoms with E-state index < -0.39 is 0 Å². The first-order valence-electron chi connectivity index (χ1n) is 10.5. The average molecular weight is 450 g/mol. The van der Waals surface area contributed by atoms with E-state index in [0.717, 1.165) is 50.1 Å². The number of thiophene rings is 1. The summed E-state index contributed by atoms with van der Waals surface area (Å²) in [6.07, 6.45) is 1.14. The minimum Gasteiger partial charge on any atom is -0.462 e. The van der Waals surface area contributed by atoms with Crippen LogP contribution in [-0.4, -0.2) is 54.6 Å². The van der Waals surface area contributed by atoms with Crippen molar-refractivity contribution >= 4 is 34.6 Å². The number of fused-ring (bicyclic) bond motifs is 1. The number of esters is 1. The molecule has 3 rings (SSSR count). The zero-order chi connectivity index (χ0) is 21.5. The van der Waals surface area contributed by atoms with Crippen LogP contribution in [0.1, 0.15) is 57.6 Å². The Bertz CT molecular complexity index is 877. The topological polar surface area (TPSA) is 78.9 Å². The van der Waals surface area contributed by atoms with E-state index in [4.69, 9.17) is 9.73 Å². The number of nitrogens with zero attached hydrogens (tertiary/aromatic N) is 3. The van der Waals surface area contributed by atoms with E-state index in [1.54, 1.807) is 0 Å². The number of carbonyl (C=O) groups excluding carboxylic acids is 1. The van der Waals surface area contributed by atoms with Gasteiger partial charge in [-0.15, -0.1) is 22.7 Å². The molecule has 0 radical (unpaired) electrons. The second-order valence-corrected chi connectivity index (χ2v) is 9.24. The molecule has 0 saturated carbocycles. The fourth-order valence-electron chi connectivity index (χ4n) is 3.38. The van der Waals surface area contributed by atoms with E-state index in [-0.39, 0.29) is 12.0 Å². The van der Waals surface area contributed by atoms with Crippen LogP contribution in [0.25, 0.3) is 0 Å². The van der Waals surface area contributed by atoms with Crippen LogP contribution >= 0.6 is 22.7 Å². The summed E-state index contributed by atoms with van der Waals surface area (Å²) in [7, 11) is 0. The van der Waals surface area contributed by atoms with Crippen molar-refractivity contribution in [2.24, 2.45) is 4.99 Å². The molecule has 0 fully saturated rings. The highest BCUT2D eigenvalue weighted by atomic mass is 32.1. The minimum atomic E-state index is -0.304. The summed E-state index contributed by atoms with van der Waals surface area (Å²) in [4.78, 5) is 25.9. The van der Waals surface area contributed by atoms with Crippen LogP contribution in [-0.2, 0) is 17.7 Å². The van der Waals surface area contributed by atoms with Gasteiger partial charge in [-0.3, -0.25) is 9.89 Å². The van der Waals surface area contributed by atoms with Gasteiger partial charge in [0.1, 0.15) is 9.88 Å². The molecular weight excluding hydrogens is 418 g/mol. The Morgan fingerprint density at radius 2 is 2.27 bits per heavy atom. The van der Waals surface area contributed by atoms with Crippen LogP contribution in [0.4, 0.5) is 0 Å². The standard InChI is InChI=1S/C21H31N5O2S2/c1-5-22-21(23-9-11-26-10-7-17-16(13-26)8-12-29-17)25-15(4)19-24-14(3)18(30-19)20(27)28-6-2/h8,12,15H,5-7,9-11,13H2,1-4H3,(H2,22,23,25). The second kappa shape index (κ2) is 10.9. The largest absolute Gasteiger partial charge is 0.462 e. The van der Waals surface area contributed by atoms with Gasteiger partial charge in [0.15, 0.2) is 5.96 Å². The molecule has 3 heterocycles. The van der Waals surface area contributed by atoms with Gasteiger partial charge in [-0.2, -0.15) is 0 Å². The lowest BCUT2D eigenvalue weighted by Crippen LogP contribution is -2.39. The van der Waals surface area contributed by atoms with E-state index >= 15 is 0 Å². The summed E-state index contributed by atoms with van der Waals surface area (Å²) in [6, 6.07) is 2.18. The van der Waals surface area contributed by atoms with Crippen LogP contribution in [0.5, 0.6) is 0 Å². The Labute approximate surface area is 186 Å². The first kappa shape index (κ1) is 22.7. The normalized spacial score (nSPS) is 15.5. The first-order valence-corrected chi connectivity index (χ1v) is 12.2. The monoisotopic (exact) mass is 449 g/mol. The number of carbonyl (C=O) groups is 1. The summed E-state index contributed by atoms with van der Waals surface area (Å²) in [5.74, 6) is 0.464. The maximum atomic E-state index is 12.1. The van der Waals surface area contributed by atoms with Gasteiger partial charge in [-0.25, -0.2) is 9.78 Å². The molecule has 1 atom stereocenters. The Kier molecular flexibility index (Phi) is 8.24. The van der Waals surface area contributed by atoms with Gasteiger partial charge in [0.25, 0.3) is 0 Å². The van der Waals surface area contributed by atoms with Crippen LogP contribution in [0.2, 0.25) is 0 Å². The van der Waals surface area contributed by atoms with Crippen molar-refractivity contribution in [1.29, 1.82) is 0 Å². The average Bonchev–Trinajstić information content (AvgIpc) is 3.34. The van der Waals surface area contributed by atoms with Gasteiger partial charge in [-0.05, 0) is 51.1 Å². The third kappa shape index (κ3) is 5.80. The van der Waals surface area contributed by atoms with Gasteiger partial charge in [0.2, 0.25) is 0 Å². The quantitative estimate of drug-likeness (QED) is 0.366. The van der Waals surface area contributed by atoms with Crippen LogP contribution in [0, 0.1) is 6.92 Å². The molecule has 1 unspecified atom stereocenters. The third-order valence-corrected chi connectivity index (χ3v) is 7.26. The fraction of sp³-hybridized carbons (Fsp3) is 0.571. The summed E-state index contributed by atoms with van der Waals surface area (Å²) in [6.45, 7) is 12.7. The molecule has 164 valence electrons. The summed E-state index contributed by atoms with van der Waals surface area (Å²) in [5.41, 5.74) is 2.17. The Morgan fingerprint density at radius 1 is 1.43 bits per heavy atom. The molecule has 0 bridgehead atoms. The number of nitrogens with one attached hydrogen (secondary N) is 2. The summed E-state index contributed by atoms with van der Waals surface area (Å²) in [5, 5.41) is 9.76. The number of aryl methyl sites for hydroxylation is 1. The summed E-state index contributed by atoms with van der Waals surface area (Å²) < 4.78 is 5.12. The van der Waals surface area contributed by atoms with Gasteiger partial charge in [0.05, 0.1) is 24.9 Å². The molecule has 7 nitrogen and oxygen atoms in total. The molecule has 30 heavy (non-hydrogen) atoms. The van der Waals surface area contributed by atoms with E-state index in [2.05, 4.69) is 38.9 Å². The number of guanidine groups is 1. The van der Waals surface area contributed by atoms with Crippen molar-refractivity contribution in [1.82, 2.24) is 20.5 Å². The first-order chi connectivity index (χ1) is 14.5. The Hall–Kier alpha value is -1.97. The number of hydrogen-bond donors (Lipinski definition) is 2. The minimum absolute atomic E-state index is 0.0574. The predicted octanol–water partition coefficient (Wildman–Crippen LogP) is 3.36. The number of aromatic nitrogens is 1. The maximum Gasteiger partial charge on any atom is 0.350 e. The molecule has 0 spiro atoms. The van der Waals surface area contributed by atoms with Gasteiger partial charge in [-0.1, -0.05) is 0 Å². The zero-order valence-electron chi connectivity index (χ0n) is 18.2. The van der Waals surface area contributed by atoms with E-state index in [1.807, 2.05) is 32.1 Å². The lowest BCUT2D eigenvalue weighted by molar-refractivity contribution is 0.0531. The number of aliphatic imine (C=N–C) groups is 1. The third-order valence-electron chi connectivity index (χ3n) is 4.91. The number of hydrogen-bond acceptors (Lipinski definition) is 7. The zero-order valence-corrected chi connectivity index (χ0v) is 19.8. The lowest BCUT2D eigenvalue weighted by Gasteiger charge is -2.26. The predicted molar refractivity (Wildman–Crippen MR) is 124 cm³/mol. The molecule has 0 aliphatic carbocycles. The van der Waals surface area contributed by atoms with E-state index in [0.29, 0.717) is 17.2 Å². The smallest absolute Gasteiger partial charge is 0.350 e. The highest BCUT2D eigenvalue weighted by molar-refractivity contribution is 7.13. The van der Waals surface area contributed by atoms with Crippen molar-refractivity contribution < 1.29 is 9.53 Å². The van der Waals surface area contributed by atoms with Crippen molar-refractivity contribution in [3.8, 4) is 0 Å². The molecule has 2 aromatic rings. The molecule has 0 saturated heterocycles. The van der Waals surface area contributed by atoms with Gasteiger partial charge in [0, 0.05) is 31.1 Å². The molecule has 1 aliphatic rings. The van der Waals surface area contributed by atoms with Crippen molar-refractivity contribution in [3.63, 3.8) is 0 Å². The highest BCUT2D eigenvalue weighted by Crippen LogP contribution is 2.25. The van der Waals surface area contributed by atoms with Crippen molar-refractivity contribution in [2.45, 2.75) is 46.7 Å². The molecule has 1 aliphatic heterocycles.